The number of hydrogen-bond donors (Lipinski definition) is 2. The standard InChI is InChI=1S/C17H24N4S.HI/c1-3-16-21-15(13-22-16)10-11-19-17(18-4-2)20-12-14-8-6-5-7-9-14;/h5-9,13H,3-4,10-12H2,1-2H3,(H2,18,19,20);1H. The summed E-state index contributed by atoms with van der Waals surface area (Å²) in [4.78, 5) is 9.20. The Labute approximate surface area is 159 Å². The summed E-state index contributed by atoms with van der Waals surface area (Å²) in [7, 11) is 0. The molecule has 0 saturated carbocycles. The second-order valence-corrected chi connectivity index (χ2v) is 5.89. The Kier molecular flexibility index (Phi) is 9.86. The lowest BCUT2D eigenvalue weighted by atomic mass is 10.2. The van der Waals surface area contributed by atoms with Crippen LogP contribution in [-0.2, 0) is 19.4 Å². The molecule has 2 N–H and O–H groups in total. The maximum Gasteiger partial charge on any atom is 0.191 e. The van der Waals surface area contributed by atoms with Crippen molar-refractivity contribution in [2.24, 2.45) is 4.99 Å². The molecule has 4 nitrogen and oxygen atoms in total. The molecule has 0 aliphatic heterocycles. The van der Waals surface area contributed by atoms with Crippen LogP contribution in [0.4, 0.5) is 0 Å². The summed E-state index contributed by atoms with van der Waals surface area (Å²) in [5.74, 6) is 0.859. The number of benzene rings is 1. The summed E-state index contributed by atoms with van der Waals surface area (Å²) in [5.41, 5.74) is 2.38. The molecule has 1 aromatic carbocycles. The van der Waals surface area contributed by atoms with E-state index < -0.39 is 0 Å². The molecule has 0 amide bonds. The Morgan fingerprint density at radius 1 is 1.17 bits per heavy atom. The number of thiazole rings is 1. The summed E-state index contributed by atoms with van der Waals surface area (Å²) >= 11 is 1.74. The van der Waals surface area contributed by atoms with Crippen LogP contribution in [0.1, 0.15) is 30.1 Å². The molecule has 6 heteroatoms. The van der Waals surface area contributed by atoms with E-state index >= 15 is 0 Å². The van der Waals surface area contributed by atoms with Gasteiger partial charge in [-0.15, -0.1) is 35.3 Å². The van der Waals surface area contributed by atoms with Gasteiger partial charge in [0.2, 0.25) is 0 Å². The number of hydrogen-bond acceptors (Lipinski definition) is 3. The molecule has 2 aromatic rings. The van der Waals surface area contributed by atoms with Gasteiger partial charge < -0.3 is 10.6 Å². The van der Waals surface area contributed by atoms with Crippen molar-refractivity contribution < 1.29 is 0 Å². The topological polar surface area (TPSA) is 49.3 Å². The molecule has 0 aliphatic rings. The molecule has 0 spiro atoms. The minimum atomic E-state index is 0. The maximum atomic E-state index is 4.61. The van der Waals surface area contributed by atoms with E-state index in [1.165, 1.54) is 10.6 Å². The Morgan fingerprint density at radius 2 is 1.96 bits per heavy atom. The second kappa shape index (κ2) is 11.4. The number of nitrogens with one attached hydrogen (secondary N) is 2. The van der Waals surface area contributed by atoms with E-state index in [0.29, 0.717) is 6.54 Å². The van der Waals surface area contributed by atoms with Gasteiger partial charge in [0.1, 0.15) is 0 Å². The molecular weight excluding hydrogens is 419 g/mol. The summed E-state index contributed by atoms with van der Waals surface area (Å²) in [6.45, 7) is 6.60. The molecule has 0 atom stereocenters. The van der Waals surface area contributed by atoms with E-state index in [1.807, 2.05) is 18.2 Å². The average molecular weight is 444 g/mol. The summed E-state index contributed by atoms with van der Waals surface area (Å²) in [6, 6.07) is 10.3. The highest BCUT2D eigenvalue weighted by molar-refractivity contribution is 14.0. The van der Waals surface area contributed by atoms with Crippen molar-refractivity contribution in [2.45, 2.75) is 33.2 Å². The van der Waals surface area contributed by atoms with Gasteiger partial charge in [-0.25, -0.2) is 9.98 Å². The monoisotopic (exact) mass is 444 g/mol. The largest absolute Gasteiger partial charge is 0.357 e. The molecule has 1 heterocycles. The van der Waals surface area contributed by atoms with Gasteiger partial charge >= 0.3 is 0 Å². The molecule has 0 unspecified atom stereocenters. The zero-order valence-electron chi connectivity index (χ0n) is 13.7. The van der Waals surface area contributed by atoms with Crippen LogP contribution in [-0.4, -0.2) is 24.0 Å². The highest BCUT2D eigenvalue weighted by Gasteiger charge is 2.01. The normalized spacial score (nSPS) is 11.0. The third-order valence-electron chi connectivity index (χ3n) is 3.18. The molecule has 0 fully saturated rings. The zero-order valence-corrected chi connectivity index (χ0v) is 16.9. The molecule has 126 valence electrons. The van der Waals surface area contributed by atoms with Crippen LogP contribution in [0.5, 0.6) is 0 Å². The van der Waals surface area contributed by atoms with Crippen molar-refractivity contribution >= 4 is 41.3 Å². The van der Waals surface area contributed by atoms with Crippen molar-refractivity contribution in [2.75, 3.05) is 13.1 Å². The van der Waals surface area contributed by atoms with Gasteiger partial charge in [0, 0.05) is 24.9 Å². The van der Waals surface area contributed by atoms with E-state index in [2.05, 4.69) is 52.0 Å². The van der Waals surface area contributed by atoms with Gasteiger partial charge in [0.05, 0.1) is 17.2 Å². The van der Waals surface area contributed by atoms with Gasteiger partial charge in [-0.2, -0.15) is 0 Å². The maximum absolute atomic E-state index is 4.61. The van der Waals surface area contributed by atoms with Crippen LogP contribution in [0.25, 0.3) is 0 Å². The summed E-state index contributed by atoms with van der Waals surface area (Å²) in [5, 5.41) is 10.0. The average Bonchev–Trinajstić information content (AvgIpc) is 3.01. The van der Waals surface area contributed by atoms with Crippen molar-refractivity contribution in [3.05, 3.63) is 52.0 Å². The first-order chi connectivity index (χ1) is 10.8. The van der Waals surface area contributed by atoms with E-state index in [0.717, 1.165) is 37.6 Å². The molecule has 0 radical (unpaired) electrons. The number of rotatable bonds is 7. The number of aromatic nitrogens is 1. The van der Waals surface area contributed by atoms with E-state index in [1.54, 1.807) is 11.3 Å². The van der Waals surface area contributed by atoms with Gasteiger partial charge in [-0.1, -0.05) is 37.3 Å². The Hall–Kier alpha value is -1.15. The van der Waals surface area contributed by atoms with Crippen molar-refractivity contribution in [3.63, 3.8) is 0 Å². The quantitative estimate of drug-likeness (QED) is 0.390. The molecular formula is C17H25IN4S. The molecule has 0 bridgehead atoms. The van der Waals surface area contributed by atoms with Crippen LogP contribution >= 0.6 is 35.3 Å². The highest BCUT2D eigenvalue weighted by Crippen LogP contribution is 2.10. The first-order valence-electron chi connectivity index (χ1n) is 7.81. The molecule has 23 heavy (non-hydrogen) atoms. The zero-order chi connectivity index (χ0) is 15.6. The fraction of sp³-hybridized carbons (Fsp3) is 0.412. The third-order valence-corrected chi connectivity index (χ3v) is 4.22. The van der Waals surface area contributed by atoms with Crippen LogP contribution in [0, 0.1) is 0 Å². The van der Waals surface area contributed by atoms with Crippen LogP contribution in [0.15, 0.2) is 40.7 Å². The Balaban J connectivity index is 0.00000264. The minimum absolute atomic E-state index is 0. The number of guanidine groups is 1. The molecule has 0 saturated heterocycles. The molecule has 1 aromatic heterocycles. The van der Waals surface area contributed by atoms with Gasteiger partial charge in [-0.05, 0) is 18.9 Å². The molecule has 2 rings (SSSR count). The van der Waals surface area contributed by atoms with E-state index in [4.69, 9.17) is 0 Å². The number of halogens is 1. The molecule has 0 aliphatic carbocycles. The number of nitrogens with zero attached hydrogens (tertiary/aromatic N) is 2. The minimum Gasteiger partial charge on any atom is -0.357 e. The SMILES string of the molecule is CCNC(=NCc1ccccc1)NCCc1csc(CC)n1.I. The summed E-state index contributed by atoms with van der Waals surface area (Å²) in [6.07, 6.45) is 1.94. The van der Waals surface area contributed by atoms with Crippen molar-refractivity contribution in [3.8, 4) is 0 Å². The van der Waals surface area contributed by atoms with Crippen LogP contribution in [0.3, 0.4) is 0 Å². The Bertz CT molecular complexity index is 583. The summed E-state index contributed by atoms with van der Waals surface area (Å²) < 4.78 is 0. The lowest BCUT2D eigenvalue weighted by molar-refractivity contribution is 0.789. The van der Waals surface area contributed by atoms with Crippen molar-refractivity contribution in [1.29, 1.82) is 0 Å². The van der Waals surface area contributed by atoms with E-state index in [9.17, 15) is 0 Å². The number of aryl methyl sites for hydroxylation is 1. The highest BCUT2D eigenvalue weighted by atomic mass is 127. The van der Waals surface area contributed by atoms with Gasteiger partial charge in [0.15, 0.2) is 5.96 Å². The predicted molar refractivity (Wildman–Crippen MR) is 110 cm³/mol. The van der Waals surface area contributed by atoms with Crippen LogP contribution in [0.2, 0.25) is 0 Å². The first-order valence-corrected chi connectivity index (χ1v) is 8.69. The lowest BCUT2D eigenvalue weighted by Gasteiger charge is -2.10. The number of aliphatic imine (C=N–C) groups is 1. The third kappa shape index (κ3) is 7.30. The lowest BCUT2D eigenvalue weighted by Crippen LogP contribution is -2.38. The Morgan fingerprint density at radius 3 is 2.61 bits per heavy atom. The fourth-order valence-corrected chi connectivity index (χ4v) is 2.81. The fourth-order valence-electron chi connectivity index (χ4n) is 2.03. The van der Waals surface area contributed by atoms with Gasteiger partial charge in [-0.3, -0.25) is 0 Å². The van der Waals surface area contributed by atoms with Crippen molar-refractivity contribution in [1.82, 2.24) is 15.6 Å². The second-order valence-electron chi connectivity index (χ2n) is 4.94. The van der Waals surface area contributed by atoms with Crippen LogP contribution < -0.4 is 10.6 Å². The van der Waals surface area contributed by atoms with E-state index in [-0.39, 0.29) is 24.0 Å². The first kappa shape index (κ1) is 19.9. The predicted octanol–water partition coefficient (Wildman–Crippen LogP) is 3.62. The van der Waals surface area contributed by atoms with Gasteiger partial charge in [0.25, 0.3) is 0 Å². The smallest absolute Gasteiger partial charge is 0.191 e.